The number of phenols is 2. The van der Waals surface area contributed by atoms with Crippen LogP contribution in [0.4, 0.5) is 17.6 Å². The molecule has 0 spiro atoms. The van der Waals surface area contributed by atoms with Crippen LogP contribution in [0.15, 0.2) is 36.4 Å². The number of aromatic hydroxyl groups is 2. The summed E-state index contributed by atoms with van der Waals surface area (Å²) in [6.45, 7) is 3.38. The van der Waals surface area contributed by atoms with E-state index in [2.05, 4.69) is 0 Å². The molecule has 3 aromatic rings. The Morgan fingerprint density at radius 1 is 0.577 bits per heavy atom. The molecule has 0 aliphatic rings. The zero-order chi connectivity index (χ0) is 19.2. The second-order valence-electron chi connectivity index (χ2n) is 6.03. The van der Waals surface area contributed by atoms with E-state index in [1.165, 1.54) is 0 Å². The van der Waals surface area contributed by atoms with Crippen LogP contribution < -0.4 is 0 Å². The van der Waals surface area contributed by atoms with Crippen molar-refractivity contribution >= 4 is 0 Å². The van der Waals surface area contributed by atoms with E-state index in [1.807, 2.05) is 0 Å². The van der Waals surface area contributed by atoms with Crippen LogP contribution in [0.25, 0.3) is 22.3 Å². The van der Waals surface area contributed by atoms with Gasteiger partial charge in [-0.1, -0.05) is 12.1 Å². The third-order valence-electron chi connectivity index (χ3n) is 4.23. The quantitative estimate of drug-likeness (QED) is 0.582. The molecular weight excluding hydrogens is 348 g/mol. The van der Waals surface area contributed by atoms with Crippen LogP contribution in [0.3, 0.4) is 0 Å². The molecule has 3 aromatic carbocycles. The Hall–Kier alpha value is -3.02. The number of phenolic OH excluding ortho intramolecular Hbond substituents is 2. The molecule has 0 amide bonds. The second-order valence-corrected chi connectivity index (χ2v) is 6.03. The van der Waals surface area contributed by atoms with E-state index in [1.54, 1.807) is 26.0 Å². The average Bonchev–Trinajstić information content (AvgIpc) is 2.58. The lowest BCUT2D eigenvalue weighted by molar-refractivity contribution is 0.396. The third-order valence-corrected chi connectivity index (χ3v) is 4.23. The van der Waals surface area contributed by atoms with Crippen molar-refractivity contribution < 1.29 is 27.8 Å². The summed E-state index contributed by atoms with van der Waals surface area (Å²) in [5, 5.41) is 18.6. The third kappa shape index (κ3) is 2.87. The van der Waals surface area contributed by atoms with Gasteiger partial charge >= 0.3 is 0 Å². The number of hydrogen-bond acceptors (Lipinski definition) is 2. The number of benzene rings is 3. The molecule has 0 fully saturated rings. The topological polar surface area (TPSA) is 40.5 Å². The molecule has 6 heteroatoms. The Morgan fingerprint density at radius 3 is 1.12 bits per heavy atom. The molecule has 3 rings (SSSR count). The van der Waals surface area contributed by atoms with Crippen LogP contribution in [0.5, 0.6) is 11.5 Å². The largest absolute Gasteiger partial charge is 0.503 e. The van der Waals surface area contributed by atoms with E-state index in [0.29, 0.717) is 22.3 Å². The van der Waals surface area contributed by atoms with Crippen molar-refractivity contribution in [3.8, 4) is 33.8 Å². The first-order valence-electron chi connectivity index (χ1n) is 7.67. The van der Waals surface area contributed by atoms with Crippen LogP contribution in [0.1, 0.15) is 11.1 Å². The highest BCUT2D eigenvalue weighted by atomic mass is 19.1. The van der Waals surface area contributed by atoms with Crippen molar-refractivity contribution in [3.05, 3.63) is 70.8 Å². The molecule has 0 aliphatic carbocycles. The predicted octanol–water partition coefficient (Wildman–Crippen LogP) is 5.61. The Balaban J connectivity index is 2.37. The van der Waals surface area contributed by atoms with Crippen molar-refractivity contribution in [2.24, 2.45) is 0 Å². The van der Waals surface area contributed by atoms with Crippen LogP contribution in [-0.4, -0.2) is 10.2 Å². The highest BCUT2D eigenvalue weighted by molar-refractivity contribution is 5.88. The number of hydrogen-bond donors (Lipinski definition) is 2. The number of rotatable bonds is 2. The smallest absolute Gasteiger partial charge is 0.187 e. The summed E-state index contributed by atoms with van der Waals surface area (Å²) in [7, 11) is 0. The minimum absolute atomic E-state index is 0.114. The minimum atomic E-state index is -1.14. The summed E-state index contributed by atoms with van der Waals surface area (Å²) in [6.07, 6.45) is 0. The van der Waals surface area contributed by atoms with Gasteiger partial charge in [0, 0.05) is 0 Å². The maximum Gasteiger partial charge on any atom is 0.187 e. The van der Waals surface area contributed by atoms with Crippen molar-refractivity contribution in [1.29, 1.82) is 0 Å². The summed E-state index contributed by atoms with van der Waals surface area (Å²) in [5.74, 6) is -6.76. The van der Waals surface area contributed by atoms with Gasteiger partial charge in [-0.15, -0.1) is 0 Å². The normalized spacial score (nSPS) is 11.0. The molecule has 0 heterocycles. The van der Waals surface area contributed by atoms with Gasteiger partial charge in [0.05, 0.1) is 0 Å². The van der Waals surface area contributed by atoms with Gasteiger partial charge in [-0.05, 0) is 71.5 Å². The molecule has 0 aliphatic heterocycles. The van der Waals surface area contributed by atoms with Gasteiger partial charge in [-0.3, -0.25) is 0 Å². The van der Waals surface area contributed by atoms with Crippen LogP contribution in [0.2, 0.25) is 0 Å². The summed E-state index contributed by atoms with van der Waals surface area (Å²) in [4.78, 5) is 0. The predicted molar refractivity (Wildman–Crippen MR) is 89.9 cm³/mol. The molecular formula is C20H14F4O2. The number of halogens is 4. The monoisotopic (exact) mass is 362 g/mol. The minimum Gasteiger partial charge on any atom is -0.503 e. The molecule has 0 unspecified atom stereocenters. The Bertz CT molecular complexity index is 900. The highest BCUT2D eigenvalue weighted by Gasteiger charge is 2.19. The van der Waals surface area contributed by atoms with Gasteiger partial charge in [0.25, 0.3) is 0 Å². The zero-order valence-corrected chi connectivity index (χ0v) is 13.9. The van der Waals surface area contributed by atoms with Crippen molar-refractivity contribution in [2.45, 2.75) is 13.8 Å². The summed E-state index contributed by atoms with van der Waals surface area (Å²) < 4.78 is 55.3. The van der Waals surface area contributed by atoms with Gasteiger partial charge in [-0.2, -0.15) is 0 Å². The van der Waals surface area contributed by atoms with Gasteiger partial charge in [0.15, 0.2) is 34.8 Å². The van der Waals surface area contributed by atoms with Crippen LogP contribution in [0, 0.1) is 37.1 Å². The first kappa shape index (κ1) is 17.8. The van der Waals surface area contributed by atoms with Gasteiger partial charge in [0.1, 0.15) is 0 Å². The molecule has 2 N–H and O–H groups in total. The van der Waals surface area contributed by atoms with E-state index in [9.17, 15) is 27.8 Å². The lowest BCUT2D eigenvalue weighted by Crippen LogP contribution is -1.96. The molecule has 0 aromatic heterocycles. The van der Waals surface area contributed by atoms with E-state index < -0.39 is 34.8 Å². The van der Waals surface area contributed by atoms with E-state index >= 15 is 0 Å². The van der Waals surface area contributed by atoms with E-state index in [0.717, 1.165) is 24.3 Å². The Morgan fingerprint density at radius 2 is 0.846 bits per heavy atom. The molecule has 26 heavy (non-hydrogen) atoms. The lowest BCUT2D eigenvalue weighted by Gasteiger charge is -2.17. The Labute approximate surface area is 147 Å². The molecule has 0 saturated carbocycles. The fraction of sp³-hybridized carbons (Fsp3) is 0.100. The highest BCUT2D eigenvalue weighted by Crippen LogP contribution is 2.40. The fourth-order valence-electron chi connectivity index (χ4n) is 2.97. The lowest BCUT2D eigenvalue weighted by atomic mass is 9.87. The molecule has 134 valence electrons. The molecule has 2 nitrogen and oxygen atoms in total. The van der Waals surface area contributed by atoms with Crippen LogP contribution in [-0.2, 0) is 0 Å². The van der Waals surface area contributed by atoms with Crippen LogP contribution >= 0.6 is 0 Å². The number of aryl methyl sites for hydroxylation is 2. The second kappa shape index (κ2) is 6.37. The molecule has 0 atom stereocenters. The van der Waals surface area contributed by atoms with Gasteiger partial charge < -0.3 is 10.2 Å². The first-order valence-corrected chi connectivity index (χ1v) is 7.67. The maximum absolute atomic E-state index is 13.8. The van der Waals surface area contributed by atoms with Crippen molar-refractivity contribution in [2.75, 3.05) is 0 Å². The van der Waals surface area contributed by atoms with Gasteiger partial charge in [-0.25, -0.2) is 17.6 Å². The van der Waals surface area contributed by atoms with Crippen molar-refractivity contribution in [1.82, 2.24) is 0 Å². The van der Waals surface area contributed by atoms with E-state index in [4.69, 9.17) is 0 Å². The van der Waals surface area contributed by atoms with Crippen molar-refractivity contribution in [3.63, 3.8) is 0 Å². The fourth-order valence-corrected chi connectivity index (χ4v) is 2.97. The summed E-state index contributed by atoms with van der Waals surface area (Å²) >= 11 is 0. The maximum atomic E-state index is 13.8. The first-order chi connectivity index (χ1) is 12.2. The summed E-state index contributed by atoms with van der Waals surface area (Å²) in [5.41, 5.74) is 2.19. The molecule has 0 radical (unpaired) electrons. The molecule has 0 saturated heterocycles. The average molecular weight is 362 g/mol. The standard InChI is InChI=1S/C20H14F4O2/c1-9-3-4-10(2)18(12-7-15(23)20(26)16(24)8-12)17(9)11-5-13(21)19(25)14(22)6-11/h3-8,25-26H,1-2H3. The zero-order valence-electron chi connectivity index (χ0n) is 13.9. The summed E-state index contributed by atoms with van der Waals surface area (Å²) in [6, 6.07) is 7.25. The van der Waals surface area contributed by atoms with Gasteiger partial charge in [0.2, 0.25) is 0 Å². The Kier molecular flexibility index (Phi) is 4.36. The van der Waals surface area contributed by atoms with E-state index in [-0.39, 0.29) is 11.1 Å². The SMILES string of the molecule is Cc1ccc(C)c(-c2cc(F)c(O)c(F)c2)c1-c1cc(F)c(O)c(F)c1. The molecule has 0 bridgehead atoms.